The number of likely N-dealkylation sites (tertiary alicyclic amines) is 1. The number of fused-ring (bicyclic) bond motifs is 2. The Morgan fingerprint density at radius 1 is 1.04 bits per heavy atom. The number of hydrogen-bond acceptors (Lipinski definition) is 6. The Bertz CT molecular complexity index is 1710. The van der Waals surface area contributed by atoms with E-state index in [-0.39, 0.29) is 40.1 Å². The van der Waals surface area contributed by atoms with E-state index in [1.165, 1.54) is 24.3 Å². The van der Waals surface area contributed by atoms with Gasteiger partial charge in [0.05, 0.1) is 16.9 Å². The van der Waals surface area contributed by atoms with E-state index in [0.29, 0.717) is 42.4 Å². The summed E-state index contributed by atoms with van der Waals surface area (Å²) >= 11 is 1.13. The first-order chi connectivity index (χ1) is 21.5. The number of nitriles is 1. The fraction of sp³-hybridized carbons (Fsp3) is 0.438. The molecule has 0 radical (unpaired) electrons. The van der Waals surface area contributed by atoms with Crippen LogP contribution in [0.4, 0.5) is 4.39 Å². The van der Waals surface area contributed by atoms with Crippen LogP contribution in [0.1, 0.15) is 71.2 Å². The molecule has 236 valence electrons. The zero-order valence-electron chi connectivity index (χ0n) is 24.4. The van der Waals surface area contributed by atoms with Crippen molar-refractivity contribution in [1.29, 1.82) is 5.26 Å². The van der Waals surface area contributed by atoms with Crippen molar-refractivity contribution in [1.82, 2.24) is 15.1 Å². The second kappa shape index (κ2) is 12.6. The van der Waals surface area contributed by atoms with Crippen LogP contribution in [0.5, 0.6) is 0 Å². The molecule has 0 saturated carbocycles. The molecule has 3 aliphatic rings. The number of carbonyl (C=O) groups is 3. The van der Waals surface area contributed by atoms with Gasteiger partial charge < -0.3 is 24.9 Å². The first kappa shape index (κ1) is 31.4. The smallest absolute Gasteiger partial charge is 0.340 e. The van der Waals surface area contributed by atoms with E-state index >= 15 is 0 Å². The number of thiophene rings is 1. The van der Waals surface area contributed by atoms with E-state index in [0.717, 1.165) is 36.2 Å². The van der Waals surface area contributed by atoms with Crippen LogP contribution in [-0.2, 0) is 14.2 Å². The lowest BCUT2D eigenvalue weighted by molar-refractivity contribution is -0.146. The van der Waals surface area contributed by atoms with Crippen LogP contribution in [0.15, 0.2) is 54.6 Å². The van der Waals surface area contributed by atoms with E-state index in [2.05, 4.69) is 11.4 Å². The number of rotatable bonds is 6. The van der Waals surface area contributed by atoms with E-state index in [9.17, 15) is 38.4 Å². The van der Waals surface area contributed by atoms with Gasteiger partial charge in [-0.2, -0.15) is 5.26 Å². The summed E-state index contributed by atoms with van der Waals surface area (Å²) in [4.78, 5) is 63.5. The lowest BCUT2D eigenvalue weighted by Gasteiger charge is -2.36. The van der Waals surface area contributed by atoms with Crippen LogP contribution in [0.25, 0.3) is 10.1 Å². The Balaban J connectivity index is 1.18. The largest absolute Gasteiger partial charge is 0.363 e. The van der Waals surface area contributed by atoms with Crippen molar-refractivity contribution in [2.24, 2.45) is 5.92 Å². The molecular formula is C32H34FN4O6PS. The van der Waals surface area contributed by atoms with Crippen molar-refractivity contribution in [3.05, 3.63) is 70.6 Å². The maximum atomic E-state index is 14.3. The number of alkyl halides is 1. The van der Waals surface area contributed by atoms with Gasteiger partial charge in [-0.05, 0) is 60.4 Å². The third-order valence-electron chi connectivity index (χ3n) is 9.29. The molecular weight excluding hydrogens is 618 g/mol. The van der Waals surface area contributed by atoms with Gasteiger partial charge in [0.2, 0.25) is 17.7 Å². The Morgan fingerprint density at radius 2 is 1.80 bits per heavy atom. The predicted molar refractivity (Wildman–Crippen MR) is 166 cm³/mol. The van der Waals surface area contributed by atoms with E-state index in [1.807, 2.05) is 30.3 Å². The van der Waals surface area contributed by atoms with Gasteiger partial charge in [-0.15, -0.1) is 11.3 Å². The minimum atomic E-state index is -4.98. The summed E-state index contributed by atoms with van der Waals surface area (Å²) in [6, 6.07) is 16.1. The molecule has 2 aromatic carbocycles. The fourth-order valence-corrected chi connectivity index (χ4v) is 8.51. The molecule has 1 aromatic heterocycles. The van der Waals surface area contributed by atoms with Crippen LogP contribution in [-0.4, -0.2) is 68.5 Å². The van der Waals surface area contributed by atoms with Crippen LogP contribution in [0.3, 0.4) is 0 Å². The van der Waals surface area contributed by atoms with Crippen LogP contribution in [0.2, 0.25) is 0 Å². The summed E-state index contributed by atoms with van der Waals surface area (Å²) in [6.45, 7) is 0.721. The molecule has 3 aliphatic heterocycles. The third-order valence-corrected chi connectivity index (χ3v) is 11.3. The standard InChI is InChI=1S/C32H34FN4O6PS/c33-29(44(41,42)43)20-10-13-27-21(14-20)15-28(45-27)30(38)35-25-9-5-4-8-23-11-12-26(37(23)31(25)39)32(40)36-17-22(16-34)24(18-36)19-6-2-1-3-7-19/h1-3,6-7,10,13-15,22-26,29H,4-5,8-9,11-12,17-18H2,(H,35,38)(H2,41,42,43)/t22-,23+,24+,25+,26+,29+/m1/s1. The predicted octanol–water partition coefficient (Wildman–Crippen LogP) is 4.84. The lowest BCUT2D eigenvalue weighted by atomic mass is 9.90. The lowest BCUT2D eigenvalue weighted by Crippen LogP contribution is -2.56. The average molecular weight is 653 g/mol. The molecule has 45 heavy (non-hydrogen) atoms. The highest BCUT2D eigenvalue weighted by molar-refractivity contribution is 7.51. The van der Waals surface area contributed by atoms with Gasteiger partial charge in [-0.25, -0.2) is 4.39 Å². The maximum Gasteiger partial charge on any atom is 0.363 e. The van der Waals surface area contributed by atoms with Gasteiger partial charge >= 0.3 is 7.60 Å². The van der Waals surface area contributed by atoms with Crippen molar-refractivity contribution in [2.75, 3.05) is 13.1 Å². The monoisotopic (exact) mass is 652 g/mol. The van der Waals surface area contributed by atoms with Gasteiger partial charge in [0.15, 0.2) is 0 Å². The number of carbonyl (C=O) groups excluding carboxylic acids is 3. The van der Waals surface area contributed by atoms with Gasteiger partial charge in [0.25, 0.3) is 5.91 Å². The molecule has 13 heteroatoms. The molecule has 3 aromatic rings. The fourth-order valence-electron chi connectivity index (χ4n) is 7.02. The minimum absolute atomic E-state index is 0.0996. The molecule has 3 saturated heterocycles. The summed E-state index contributed by atoms with van der Waals surface area (Å²) < 4.78 is 26.3. The first-order valence-corrected chi connectivity index (χ1v) is 17.6. The molecule has 3 fully saturated rings. The van der Waals surface area contributed by atoms with Gasteiger partial charge in [0.1, 0.15) is 12.1 Å². The summed E-state index contributed by atoms with van der Waals surface area (Å²) in [5, 5.41) is 13.2. The highest BCUT2D eigenvalue weighted by Gasteiger charge is 2.47. The molecule has 0 aliphatic carbocycles. The highest BCUT2D eigenvalue weighted by atomic mass is 32.1. The van der Waals surface area contributed by atoms with Gasteiger partial charge in [0, 0.05) is 29.7 Å². The summed E-state index contributed by atoms with van der Waals surface area (Å²) in [7, 11) is -4.98. The number of benzene rings is 2. The van der Waals surface area contributed by atoms with Gasteiger partial charge in [-0.3, -0.25) is 18.9 Å². The number of nitrogens with zero attached hydrogens (tertiary/aromatic N) is 3. The molecule has 0 unspecified atom stereocenters. The quantitative estimate of drug-likeness (QED) is 0.322. The topological polar surface area (TPSA) is 151 Å². The molecule has 3 N–H and O–H groups in total. The third kappa shape index (κ3) is 6.27. The average Bonchev–Trinajstić information content (AvgIpc) is 3.77. The van der Waals surface area contributed by atoms with Crippen LogP contribution in [0, 0.1) is 17.2 Å². The van der Waals surface area contributed by atoms with Crippen molar-refractivity contribution in [3.63, 3.8) is 0 Å². The number of hydrogen-bond donors (Lipinski definition) is 3. The number of amides is 3. The van der Waals surface area contributed by atoms with E-state index in [1.54, 1.807) is 9.80 Å². The van der Waals surface area contributed by atoms with Crippen molar-refractivity contribution in [2.45, 2.75) is 68.5 Å². The molecule has 6 atom stereocenters. The molecule has 6 rings (SSSR count). The summed E-state index contributed by atoms with van der Waals surface area (Å²) in [6.07, 6.45) is 4.03. The highest BCUT2D eigenvalue weighted by Crippen LogP contribution is 2.53. The summed E-state index contributed by atoms with van der Waals surface area (Å²) in [5.41, 5.74) is 0.832. The normalized spacial score (nSPS) is 26.2. The van der Waals surface area contributed by atoms with Crippen molar-refractivity contribution in [3.8, 4) is 6.07 Å². The molecule has 0 spiro atoms. The Labute approximate surface area is 264 Å². The van der Waals surface area contributed by atoms with E-state index < -0.39 is 31.5 Å². The second-order valence-corrected chi connectivity index (χ2v) is 14.8. The first-order valence-electron chi connectivity index (χ1n) is 15.1. The van der Waals surface area contributed by atoms with Crippen molar-refractivity contribution < 1.29 is 33.1 Å². The molecule has 4 heterocycles. The number of nitrogens with one attached hydrogen (secondary N) is 1. The SMILES string of the molecule is N#C[C@@H]1CN(C(=O)[C@@H]2CC[C@@H]3CCCC[C@H](NC(=O)c4cc5cc([C@@H](F)P(=O)(O)O)ccc5s4)C(=O)N32)C[C@H]1c1ccccc1. The van der Waals surface area contributed by atoms with Crippen molar-refractivity contribution >= 4 is 46.7 Å². The summed E-state index contributed by atoms with van der Waals surface area (Å²) in [5.74, 6) is -3.83. The zero-order valence-corrected chi connectivity index (χ0v) is 26.1. The Kier molecular flexibility index (Phi) is 8.81. The second-order valence-electron chi connectivity index (χ2n) is 12.1. The van der Waals surface area contributed by atoms with Gasteiger partial charge in [-0.1, -0.05) is 49.2 Å². The molecule has 3 amide bonds. The minimum Gasteiger partial charge on any atom is -0.340 e. The zero-order chi connectivity index (χ0) is 31.9. The van der Waals surface area contributed by atoms with E-state index in [4.69, 9.17) is 0 Å². The molecule has 0 bridgehead atoms. The number of halogens is 1. The maximum absolute atomic E-state index is 14.3. The van der Waals surface area contributed by atoms with Crippen LogP contribution >= 0.6 is 18.9 Å². The van der Waals surface area contributed by atoms with Crippen LogP contribution < -0.4 is 5.32 Å². The molecule has 10 nitrogen and oxygen atoms in total. The Morgan fingerprint density at radius 3 is 2.53 bits per heavy atom. The Hall–Kier alpha value is -3.62.